The van der Waals surface area contributed by atoms with Gasteiger partial charge in [-0.2, -0.15) is 0 Å². The first-order chi connectivity index (χ1) is 12.9. The van der Waals surface area contributed by atoms with Gasteiger partial charge < -0.3 is 14.4 Å². The molecule has 2 aromatic rings. The first kappa shape index (κ1) is 20.9. The van der Waals surface area contributed by atoms with Gasteiger partial charge in [-0.05, 0) is 20.8 Å². The second-order valence-corrected chi connectivity index (χ2v) is 9.04. The average molecular weight is 384 g/mol. The molecule has 0 heterocycles. The number of benzene rings is 2. The largest absolute Gasteiger partial charge is 0.462 e. The molecule has 0 aliphatic carbocycles. The SMILES string of the molecule is CCOC(=O)C(C)=C=C(CC(C)O)P(=O)(c1ccccc1)c1ccccc1. The normalized spacial score (nSPS) is 12.0. The molecule has 1 atom stereocenters. The Balaban J connectivity index is 2.78. The highest BCUT2D eigenvalue weighted by Crippen LogP contribution is 2.53. The van der Waals surface area contributed by atoms with E-state index in [1.165, 1.54) is 0 Å². The lowest BCUT2D eigenvalue weighted by Crippen LogP contribution is -2.19. The van der Waals surface area contributed by atoms with Crippen molar-refractivity contribution >= 4 is 23.7 Å². The first-order valence-electron chi connectivity index (χ1n) is 8.93. The lowest BCUT2D eigenvalue weighted by Gasteiger charge is -2.22. The van der Waals surface area contributed by atoms with E-state index in [1.807, 2.05) is 36.4 Å². The van der Waals surface area contributed by atoms with Crippen LogP contribution in [-0.4, -0.2) is 23.8 Å². The number of carbonyl (C=O) groups is 1. The number of esters is 1. The molecule has 0 radical (unpaired) electrons. The molecule has 4 nitrogen and oxygen atoms in total. The average Bonchev–Trinajstić information content (AvgIpc) is 2.68. The molecule has 142 valence electrons. The molecule has 0 fully saturated rings. The maximum atomic E-state index is 14.4. The van der Waals surface area contributed by atoms with Crippen LogP contribution in [0.2, 0.25) is 0 Å². The van der Waals surface area contributed by atoms with Gasteiger partial charge in [-0.3, -0.25) is 0 Å². The molecular weight excluding hydrogens is 359 g/mol. The van der Waals surface area contributed by atoms with E-state index in [1.54, 1.807) is 45.0 Å². The zero-order chi connectivity index (χ0) is 19.9. The van der Waals surface area contributed by atoms with Crippen LogP contribution >= 0.6 is 7.14 Å². The summed E-state index contributed by atoms with van der Waals surface area (Å²) in [5.41, 5.74) is 3.24. The minimum Gasteiger partial charge on any atom is -0.462 e. The molecule has 1 N–H and O–H groups in total. The molecule has 0 saturated carbocycles. The Labute approximate surface area is 160 Å². The van der Waals surface area contributed by atoms with Gasteiger partial charge in [0.1, 0.15) is 0 Å². The number of hydrogen-bond donors (Lipinski definition) is 1. The van der Waals surface area contributed by atoms with E-state index in [2.05, 4.69) is 5.73 Å². The molecule has 0 aromatic heterocycles. The smallest absolute Gasteiger partial charge is 0.341 e. The summed E-state index contributed by atoms with van der Waals surface area (Å²) in [6.07, 6.45) is -0.596. The number of ether oxygens (including phenoxy) is 1. The van der Waals surface area contributed by atoms with E-state index in [0.717, 1.165) is 0 Å². The van der Waals surface area contributed by atoms with Crippen molar-refractivity contribution < 1.29 is 19.2 Å². The van der Waals surface area contributed by atoms with E-state index in [-0.39, 0.29) is 18.6 Å². The third-order valence-electron chi connectivity index (χ3n) is 4.02. The third kappa shape index (κ3) is 5.08. The second kappa shape index (κ2) is 9.53. The van der Waals surface area contributed by atoms with Gasteiger partial charge in [-0.15, -0.1) is 5.73 Å². The standard InChI is InChI=1S/C22H25O4P/c1-4-26-22(24)17(2)15-21(16-18(3)23)27(25,19-11-7-5-8-12-19)20-13-9-6-10-14-20/h5-14,18,23H,4,16H2,1-3H3. The van der Waals surface area contributed by atoms with Gasteiger partial charge in [0.25, 0.3) is 0 Å². The summed E-state index contributed by atoms with van der Waals surface area (Å²) in [6.45, 7) is 5.19. The third-order valence-corrected chi connectivity index (χ3v) is 7.13. The number of hydrogen-bond acceptors (Lipinski definition) is 4. The summed E-state index contributed by atoms with van der Waals surface area (Å²) < 4.78 is 19.4. The Morgan fingerprint density at radius 3 is 1.96 bits per heavy atom. The van der Waals surface area contributed by atoms with Gasteiger partial charge in [-0.25, -0.2) is 4.79 Å². The van der Waals surface area contributed by atoms with Gasteiger partial charge in [0.05, 0.1) is 18.3 Å². The van der Waals surface area contributed by atoms with Crippen molar-refractivity contribution in [3.63, 3.8) is 0 Å². The highest BCUT2D eigenvalue weighted by molar-refractivity contribution is 7.82. The minimum absolute atomic E-state index is 0.137. The van der Waals surface area contributed by atoms with Gasteiger partial charge in [0, 0.05) is 22.3 Å². The van der Waals surface area contributed by atoms with Crippen LogP contribution in [0.1, 0.15) is 27.2 Å². The monoisotopic (exact) mass is 384 g/mol. The fourth-order valence-corrected chi connectivity index (χ4v) is 5.73. The Bertz CT molecular complexity index is 836. The summed E-state index contributed by atoms with van der Waals surface area (Å²) in [4.78, 5) is 12.1. The predicted octanol–water partition coefficient (Wildman–Crippen LogP) is 3.76. The molecule has 1 unspecified atom stereocenters. The predicted molar refractivity (Wildman–Crippen MR) is 109 cm³/mol. The van der Waals surface area contributed by atoms with Crippen LogP contribution in [0.4, 0.5) is 0 Å². The van der Waals surface area contributed by atoms with Crippen LogP contribution in [-0.2, 0) is 14.1 Å². The summed E-state index contributed by atoms with van der Waals surface area (Å²) >= 11 is 0. The molecule has 2 aromatic carbocycles. The summed E-state index contributed by atoms with van der Waals surface area (Å²) in [5.74, 6) is -0.506. The van der Waals surface area contributed by atoms with E-state index >= 15 is 0 Å². The molecule has 0 amide bonds. The first-order valence-corrected chi connectivity index (χ1v) is 10.6. The maximum absolute atomic E-state index is 14.4. The second-order valence-electron chi connectivity index (χ2n) is 6.25. The maximum Gasteiger partial charge on any atom is 0.341 e. The molecule has 27 heavy (non-hydrogen) atoms. The lowest BCUT2D eigenvalue weighted by atomic mass is 10.2. The fraction of sp³-hybridized carbons (Fsp3) is 0.273. The van der Waals surface area contributed by atoms with Crippen molar-refractivity contribution in [2.75, 3.05) is 6.61 Å². The molecule has 0 bridgehead atoms. The van der Waals surface area contributed by atoms with Crippen molar-refractivity contribution in [2.45, 2.75) is 33.3 Å². The zero-order valence-electron chi connectivity index (χ0n) is 15.9. The summed E-state index contributed by atoms with van der Waals surface area (Å²) in [5, 5.41) is 11.7. The molecule has 0 spiro atoms. The van der Waals surface area contributed by atoms with Gasteiger partial charge in [0.15, 0.2) is 7.14 Å². The lowest BCUT2D eigenvalue weighted by molar-refractivity contribution is -0.138. The van der Waals surface area contributed by atoms with E-state index in [9.17, 15) is 14.5 Å². The van der Waals surface area contributed by atoms with Crippen LogP contribution < -0.4 is 10.6 Å². The Morgan fingerprint density at radius 2 is 1.56 bits per heavy atom. The van der Waals surface area contributed by atoms with Crippen LogP contribution in [0, 0.1) is 0 Å². The van der Waals surface area contributed by atoms with Crippen LogP contribution in [0.15, 0.2) is 77.3 Å². The van der Waals surface area contributed by atoms with Gasteiger partial charge in [0.2, 0.25) is 0 Å². The fourth-order valence-electron chi connectivity index (χ4n) is 2.78. The molecule has 0 aliphatic heterocycles. The Hall–Kier alpha value is -2.38. The Morgan fingerprint density at radius 1 is 1.07 bits per heavy atom. The van der Waals surface area contributed by atoms with Crippen LogP contribution in [0.3, 0.4) is 0 Å². The highest BCUT2D eigenvalue weighted by Gasteiger charge is 2.32. The topological polar surface area (TPSA) is 63.6 Å². The number of carbonyl (C=O) groups excluding carboxylic acids is 1. The molecule has 2 rings (SSSR count). The van der Waals surface area contributed by atoms with Gasteiger partial charge >= 0.3 is 5.97 Å². The molecule has 0 aliphatic rings. The van der Waals surface area contributed by atoms with Crippen molar-refractivity contribution in [1.29, 1.82) is 0 Å². The minimum atomic E-state index is -3.28. The van der Waals surface area contributed by atoms with E-state index in [4.69, 9.17) is 4.74 Å². The van der Waals surface area contributed by atoms with Crippen molar-refractivity contribution in [1.82, 2.24) is 0 Å². The quantitative estimate of drug-likeness (QED) is 0.342. The van der Waals surface area contributed by atoms with Crippen LogP contribution in [0.25, 0.3) is 0 Å². The number of aliphatic hydroxyl groups is 1. The van der Waals surface area contributed by atoms with Gasteiger partial charge in [-0.1, -0.05) is 60.7 Å². The summed E-state index contributed by atoms with van der Waals surface area (Å²) in [6, 6.07) is 18.2. The van der Waals surface area contributed by atoms with Crippen molar-refractivity contribution in [3.8, 4) is 0 Å². The molecular formula is C22H25O4P. The van der Waals surface area contributed by atoms with E-state index < -0.39 is 19.2 Å². The van der Waals surface area contributed by atoms with Crippen molar-refractivity contribution in [2.24, 2.45) is 0 Å². The number of rotatable bonds is 7. The number of aliphatic hydroxyl groups excluding tert-OH is 1. The summed E-state index contributed by atoms with van der Waals surface area (Å²) in [7, 11) is -3.28. The van der Waals surface area contributed by atoms with E-state index in [0.29, 0.717) is 15.9 Å². The Kier molecular flexibility index (Phi) is 7.38. The van der Waals surface area contributed by atoms with Crippen molar-refractivity contribution in [3.05, 3.63) is 77.3 Å². The van der Waals surface area contributed by atoms with Crippen LogP contribution in [0.5, 0.6) is 0 Å². The molecule has 0 saturated heterocycles. The molecule has 5 heteroatoms. The zero-order valence-corrected chi connectivity index (χ0v) is 16.8. The highest BCUT2D eigenvalue weighted by atomic mass is 31.2.